The first-order valence-corrected chi connectivity index (χ1v) is 20.3. The SMILES string of the molecule is C[C@H](NC(=O)OC(C)(C)C)C(=O)N[C@@H](Cc1cn(C(=O)OC(C)(C)C)c2ccccc12)C(=O)N[C@@H](CSC(c1ccccc1)(c1ccccc1)c1ccccc1)C(=O)O. The first kappa shape index (κ1) is 44.0. The Hall–Kier alpha value is -6.08. The van der Waals surface area contributed by atoms with Gasteiger partial charge in [0.15, 0.2) is 0 Å². The topological polar surface area (TPSA) is 165 Å². The van der Waals surface area contributed by atoms with E-state index in [-0.39, 0.29) is 12.2 Å². The zero-order chi connectivity index (χ0) is 43.0. The number of carbonyl (C=O) groups excluding carboxylic acids is 4. The van der Waals surface area contributed by atoms with Crippen molar-refractivity contribution < 1.29 is 38.6 Å². The number of hydrogen-bond donors (Lipinski definition) is 4. The highest BCUT2D eigenvalue weighted by molar-refractivity contribution is 8.00. The maximum Gasteiger partial charge on any atom is 0.419 e. The molecule has 0 fully saturated rings. The number of rotatable bonds is 14. The zero-order valence-electron chi connectivity index (χ0n) is 34.4. The minimum Gasteiger partial charge on any atom is -0.480 e. The molecule has 3 amide bonds. The van der Waals surface area contributed by atoms with Crippen molar-refractivity contribution in [1.82, 2.24) is 20.5 Å². The van der Waals surface area contributed by atoms with E-state index in [1.165, 1.54) is 23.3 Å². The first-order chi connectivity index (χ1) is 27.9. The Balaban J connectivity index is 1.49. The molecular weight excluding hydrogens is 769 g/mol. The van der Waals surface area contributed by atoms with Crippen LogP contribution in [0.2, 0.25) is 0 Å². The molecule has 310 valence electrons. The number of thioether (sulfide) groups is 1. The van der Waals surface area contributed by atoms with Crippen molar-refractivity contribution in [2.24, 2.45) is 0 Å². The molecular formula is C46H52N4O8S. The van der Waals surface area contributed by atoms with Gasteiger partial charge in [-0.05, 0) is 76.8 Å². The highest BCUT2D eigenvalue weighted by Gasteiger charge is 2.39. The van der Waals surface area contributed by atoms with Gasteiger partial charge in [-0.25, -0.2) is 14.4 Å². The van der Waals surface area contributed by atoms with E-state index in [1.54, 1.807) is 72.0 Å². The second-order valence-corrected chi connectivity index (χ2v) is 17.4. The van der Waals surface area contributed by atoms with Gasteiger partial charge >= 0.3 is 18.2 Å². The third-order valence-corrected chi connectivity index (χ3v) is 10.8. The Kier molecular flexibility index (Phi) is 13.9. The van der Waals surface area contributed by atoms with Crippen molar-refractivity contribution in [2.45, 2.75) is 89.0 Å². The van der Waals surface area contributed by atoms with Crippen LogP contribution in [0, 0.1) is 0 Å². The van der Waals surface area contributed by atoms with Crippen LogP contribution in [0.15, 0.2) is 121 Å². The van der Waals surface area contributed by atoms with Gasteiger partial charge in [-0.15, -0.1) is 11.8 Å². The maximum atomic E-state index is 14.4. The molecule has 1 aromatic heterocycles. The van der Waals surface area contributed by atoms with Gasteiger partial charge in [-0.1, -0.05) is 109 Å². The van der Waals surface area contributed by atoms with Crippen LogP contribution in [-0.4, -0.2) is 74.7 Å². The average molecular weight is 821 g/mol. The predicted molar refractivity (Wildman–Crippen MR) is 229 cm³/mol. The number of hydrogen-bond acceptors (Lipinski definition) is 8. The lowest BCUT2D eigenvalue weighted by molar-refractivity contribution is -0.141. The van der Waals surface area contributed by atoms with Crippen molar-refractivity contribution >= 4 is 52.6 Å². The van der Waals surface area contributed by atoms with E-state index in [1.807, 2.05) is 91.0 Å². The van der Waals surface area contributed by atoms with Crippen molar-refractivity contribution in [3.63, 3.8) is 0 Å². The average Bonchev–Trinajstić information content (AvgIpc) is 3.55. The molecule has 4 aromatic carbocycles. The maximum absolute atomic E-state index is 14.4. The monoisotopic (exact) mass is 820 g/mol. The Morgan fingerprint density at radius 2 is 1.12 bits per heavy atom. The normalized spacial score (nSPS) is 13.4. The van der Waals surface area contributed by atoms with Gasteiger partial charge in [-0.2, -0.15) is 0 Å². The number of aromatic nitrogens is 1. The summed E-state index contributed by atoms with van der Waals surface area (Å²) < 4.78 is 11.4. The molecule has 0 saturated carbocycles. The number of fused-ring (bicyclic) bond motifs is 1. The molecule has 59 heavy (non-hydrogen) atoms. The van der Waals surface area contributed by atoms with Crippen molar-refractivity contribution in [3.05, 3.63) is 144 Å². The third-order valence-electron chi connectivity index (χ3n) is 9.19. The van der Waals surface area contributed by atoms with Crippen LogP contribution in [0.25, 0.3) is 10.9 Å². The first-order valence-electron chi connectivity index (χ1n) is 19.3. The summed E-state index contributed by atoms with van der Waals surface area (Å²) in [6.45, 7) is 11.8. The molecule has 0 spiro atoms. The summed E-state index contributed by atoms with van der Waals surface area (Å²) in [5, 5.41) is 19.2. The molecule has 12 nitrogen and oxygen atoms in total. The fraction of sp³-hybridized carbons (Fsp3) is 0.326. The fourth-order valence-electron chi connectivity index (χ4n) is 6.57. The largest absolute Gasteiger partial charge is 0.480 e. The molecule has 5 aromatic rings. The molecule has 13 heteroatoms. The van der Waals surface area contributed by atoms with E-state index in [4.69, 9.17) is 9.47 Å². The molecule has 4 N–H and O–H groups in total. The lowest BCUT2D eigenvalue weighted by Gasteiger charge is -2.36. The summed E-state index contributed by atoms with van der Waals surface area (Å²) in [5.41, 5.74) is 2.15. The summed E-state index contributed by atoms with van der Waals surface area (Å²) in [6.07, 6.45) is -0.0642. The Morgan fingerprint density at radius 1 is 0.644 bits per heavy atom. The minimum atomic E-state index is -1.41. The smallest absolute Gasteiger partial charge is 0.419 e. The molecule has 0 radical (unpaired) electrons. The highest BCUT2D eigenvalue weighted by atomic mass is 32.2. The summed E-state index contributed by atoms with van der Waals surface area (Å²) in [4.78, 5) is 67.0. The van der Waals surface area contributed by atoms with Crippen LogP contribution in [0.4, 0.5) is 9.59 Å². The molecule has 0 aliphatic rings. The summed E-state index contributed by atoms with van der Waals surface area (Å²) >= 11 is 1.37. The number of alkyl carbamates (subject to hydrolysis) is 1. The van der Waals surface area contributed by atoms with Gasteiger partial charge in [0.05, 0.1) is 10.3 Å². The number of ether oxygens (including phenoxy) is 2. The summed E-state index contributed by atoms with van der Waals surface area (Å²) in [7, 11) is 0. The molecule has 0 unspecified atom stereocenters. The Labute approximate surface area is 349 Å². The molecule has 0 bridgehead atoms. The number of nitrogens with zero attached hydrogens (tertiary/aromatic N) is 1. The lowest BCUT2D eigenvalue weighted by atomic mass is 9.84. The Bertz CT molecular complexity index is 2150. The van der Waals surface area contributed by atoms with Crippen molar-refractivity contribution in [2.75, 3.05) is 5.75 Å². The van der Waals surface area contributed by atoms with E-state index in [2.05, 4.69) is 16.0 Å². The number of carbonyl (C=O) groups is 5. The van der Waals surface area contributed by atoms with Crippen molar-refractivity contribution in [3.8, 4) is 0 Å². The van der Waals surface area contributed by atoms with E-state index >= 15 is 0 Å². The van der Waals surface area contributed by atoms with E-state index < -0.39 is 64.0 Å². The van der Waals surface area contributed by atoms with Crippen molar-refractivity contribution in [1.29, 1.82) is 0 Å². The van der Waals surface area contributed by atoms with Crippen LogP contribution < -0.4 is 16.0 Å². The molecule has 0 aliphatic heterocycles. The van der Waals surface area contributed by atoms with E-state index in [0.29, 0.717) is 16.5 Å². The van der Waals surface area contributed by atoms with Crippen LogP contribution in [0.1, 0.15) is 70.7 Å². The number of carboxylic acid groups (broad SMARTS) is 1. The van der Waals surface area contributed by atoms with E-state index in [0.717, 1.165) is 16.7 Å². The number of amides is 3. The zero-order valence-corrected chi connectivity index (χ0v) is 35.2. The van der Waals surface area contributed by atoms with Gasteiger partial charge in [0.25, 0.3) is 0 Å². The third kappa shape index (κ3) is 11.3. The molecule has 1 heterocycles. The number of para-hydroxylation sites is 1. The Morgan fingerprint density at radius 3 is 1.61 bits per heavy atom. The van der Waals surface area contributed by atoms with Crippen LogP contribution in [0.5, 0.6) is 0 Å². The second-order valence-electron chi connectivity index (χ2n) is 16.1. The highest BCUT2D eigenvalue weighted by Crippen LogP contribution is 2.48. The number of carboxylic acids is 1. The number of benzene rings is 4. The molecule has 3 atom stereocenters. The lowest BCUT2D eigenvalue weighted by Crippen LogP contribution is -2.56. The fourth-order valence-corrected chi connectivity index (χ4v) is 8.13. The van der Waals surface area contributed by atoms with Gasteiger partial charge in [0, 0.05) is 23.8 Å². The number of aliphatic carboxylic acids is 1. The number of nitrogens with one attached hydrogen (secondary N) is 3. The van der Waals surface area contributed by atoms with Gasteiger partial charge < -0.3 is 30.5 Å². The van der Waals surface area contributed by atoms with Crippen LogP contribution >= 0.6 is 11.8 Å². The van der Waals surface area contributed by atoms with Gasteiger partial charge in [-0.3, -0.25) is 14.2 Å². The molecule has 0 saturated heterocycles. The van der Waals surface area contributed by atoms with Crippen LogP contribution in [-0.2, 0) is 35.0 Å². The molecule has 0 aliphatic carbocycles. The second kappa shape index (κ2) is 18.7. The quantitative estimate of drug-likeness (QED) is 0.0824. The standard InChI is InChI=1S/C46H52N4O8S/c1-30(47-42(55)57-44(2,3)4)39(51)48-36(27-31-28-50(43(56)58-45(5,6)7)38-26-18-17-25-35(31)38)40(52)49-37(41(53)54)29-59-46(32-19-11-8-12-20-32,33-21-13-9-14-22-33)34-23-15-10-16-24-34/h8-26,28,30,36-37H,27,29H2,1-7H3,(H,47,55)(H,48,51)(H,49,52)(H,53,54)/t30-,36-,37-/m0/s1. The predicted octanol–water partition coefficient (Wildman–Crippen LogP) is 7.66. The van der Waals surface area contributed by atoms with Gasteiger partial charge in [0.2, 0.25) is 11.8 Å². The minimum absolute atomic E-state index is 0.0744. The van der Waals surface area contributed by atoms with E-state index in [9.17, 15) is 29.1 Å². The van der Waals surface area contributed by atoms with Crippen LogP contribution in [0.3, 0.4) is 0 Å². The summed E-state index contributed by atoms with van der Waals surface area (Å²) in [5.74, 6) is -2.85. The van der Waals surface area contributed by atoms with Gasteiger partial charge in [0.1, 0.15) is 29.3 Å². The summed E-state index contributed by atoms with van der Waals surface area (Å²) in [6, 6.07) is 32.4. The molecule has 5 rings (SSSR count).